The number of hydrogen-bond acceptors (Lipinski definition) is 4. The predicted octanol–water partition coefficient (Wildman–Crippen LogP) is 3.49. The van der Waals surface area contributed by atoms with E-state index in [0.717, 1.165) is 19.4 Å². The Balaban J connectivity index is 1.93. The summed E-state index contributed by atoms with van der Waals surface area (Å²) in [5, 5.41) is 10.0. The van der Waals surface area contributed by atoms with Gasteiger partial charge >= 0.3 is 0 Å². The van der Waals surface area contributed by atoms with Gasteiger partial charge in [-0.15, -0.1) is 11.3 Å². The Hall–Kier alpha value is -0.710. The van der Waals surface area contributed by atoms with Gasteiger partial charge in [0.1, 0.15) is 0 Å². The van der Waals surface area contributed by atoms with Crippen LogP contribution in [0.2, 0.25) is 0 Å². The Morgan fingerprint density at radius 3 is 2.94 bits per heavy atom. The van der Waals surface area contributed by atoms with Crippen molar-refractivity contribution in [1.82, 2.24) is 10.3 Å². The zero-order chi connectivity index (χ0) is 11.2. The number of hydrogen-bond donors (Lipinski definition) is 1. The van der Waals surface area contributed by atoms with Crippen LogP contribution in [0.15, 0.2) is 27.7 Å². The number of nitrogens with zero attached hydrogens (tertiary/aromatic N) is 1. The van der Waals surface area contributed by atoms with Crippen molar-refractivity contribution in [2.24, 2.45) is 0 Å². The molecule has 0 fully saturated rings. The van der Waals surface area contributed by atoms with Gasteiger partial charge in [-0.25, -0.2) is 4.98 Å². The molecule has 0 aliphatic carbocycles. The molecule has 1 N–H and O–H groups in total. The Morgan fingerprint density at radius 2 is 2.31 bits per heavy atom. The molecular formula is C12H16N2S2. The number of aryl methyl sites for hydroxylation is 1. The summed E-state index contributed by atoms with van der Waals surface area (Å²) in [6.07, 6.45) is 2.24. The van der Waals surface area contributed by atoms with E-state index in [9.17, 15) is 0 Å². The molecule has 86 valence electrons. The quantitative estimate of drug-likeness (QED) is 0.851. The molecule has 0 bridgehead atoms. The van der Waals surface area contributed by atoms with Gasteiger partial charge in [0.25, 0.3) is 0 Å². The van der Waals surface area contributed by atoms with Crippen molar-refractivity contribution in [3.8, 4) is 0 Å². The highest BCUT2D eigenvalue weighted by Gasteiger charge is 2.11. The fourth-order valence-corrected chi connectivity index (χ4v) is 3.05. The second kappa shape index (κ2) is 6.13. The lowest BCUT2D eigenvalue weighted by molar-refractivity contribution is 0.506. The number of thiazole rings is 1. The van der Waals surface area contributed by atoms with Gasteiger partial charge in [0.2, 0.25) is 0 Å². The molecule has 1 atom stereocenters. The average molecular weight is 252 g/mol. The highest BCUT2D eigenvalue weighted by Crippen LogP contribution is 2.20. The van der Waals surface area contributed by atoms with Crippen LogP contribution < -0.4 is 5.32 Å². The zero-order valence-corrected chi connectivity index (χ0v) is 11.0. The van der Waals surface area contributed by atoms with E-state index in [1.807, 2.05) is 5.51 Å². The SMILES string of the molecule is CCNC(CCc1ccsc1)c1cscn1. The lowest BCUT2D eigenvalue weighted by atomic mass is 10.1. The standard InChI is InChI=1S/C12H16N2S2/c1-2-13-11(12-8-16-9-14-12)4-3-10-5-6-15-7-10/h5-9,11,13H,2-4H2,1H3. The molecule has 2 nitrogen and oxygen atoms in total. The van der Waals surface area contributed by atoms with Crippen molar-refractivity contribution in [3.63, 3.8) is 0 Å². The normalized spacial score (nSPS) is 12.8. The maximum atomic E-state index is 4.39. The van der Waals surface area contributed by atoms with Crippen LogP contribution in [0.1, 0.15) is 30.6 Å². The minimum Gasteiger partial charge on any atom is -0.309 e. The number of thiophene rings is 1. The van der Waals surface area contributed by atoms with Crippen LogP contribution in [-0.2, 0) is 6.42 Å². The van der Waals surface area contributed by atoms with Crippen LogP contribution in [0, 0.1) is 0 Å². The van der Waals surface area contributed by atoms with Crippen molar-refractivity contribution in [3.05, 3.63) is 39.0 Å². The second-order valence-electron chi connectivity index (χ2n) is 3.69. The third-order valence-electron chi connectivity index (χ3n) is 2.56. The molecule has 2 aromatic rings. The van der Waals surface area contributed by atoms with Crippen LogP contribution in [0.5, 0.6) is 0 Å². The minimum absolute atomic E-state index is 0.399. The monoisotopic (exact) mass is 252 g/mol. The van der Waals surface area contributed by atoms with E-state index in [0.29, 0.717) is 6.04 Å². The van der Waals surface area contributed by atoms with E-state index < -0.39 is 0 Å². The maximum Gasteiger partial charge on any atom is 0.0795 e. The third kappa shape index (κ3) is 3.14. The Kier molecular flexibility index (Phi) is 4.51. The van der Waals surface area contributed by atoms with E-state index >= 15 is 0 Å². The molecule has 0 spiro atoms. The summed E-state index contributed by atoms with van der Waals surface area (Å²) in [5.74, 6) is 0. The van der Waals surface area contributed by atoms with E-state index in [-0.39, 0.29) is 0 Å². The van der Waals surface area contributed by atoms with Crippen molar-refractivity contribution in [2.45, 2.75) is 25.8 Å². The number of aromatic nitrogens is 1. The minimum atomic E-state index is 0.399. The fourth-order valence-electron chi connectivity index (χ4n) is 1.74. The third-order valence-corrected chi connectivity index (χ3v) is 3.90. The van der Waals surface area contributed by atoms with Crippen LogP contribution in [0.25, 0.3) is 0 Å². The molecule has 2 aromatic heterocycles. The molecule has 0 saturated heterocycles. The van der Waals surface area contributed by atoms with Crippen LogP contribution in [0.4, 0.5) is 0 Å². The summed E-state index contributed by atoms with van der Waals surface area (Å²) in [4.78, 5) is 4.39. The summed E-state index contributed by atoms with van der Waals surface area (Å²) in [6, 6.07) is 2.60. The molecule has 2 rings (SSSR count). The molecule has 1 unspecified atom stereocenters. The summed E-state index contributed by atoms with van der Waals surface area (Å²) in [7, 11) is 0. The first-order valence-electron chi connectivity index (χ1n) is 5.52. The van der Waals surface area contributed by atoms with E-state index in [1.165, 1.54) is 11.3 Å². The zero-order valence-electron chi connectivity index (χ0n) is 9.35. The van der Waals surface area contributed by atoms with Gasteiger partial charge in [-0.05, 0) is 41.8 Å². The largest absolute Gasteiger partial charge is 0.309 e. The lowest BCUT2D eigenvalue weighted by Crippen LogP contribution is -2.21. The molecule has 0 radical (unpaired) electrons. The van der Waals surface area contributed by atoms with Gasteiger partial charge in [0, 0.05) is 5.38 Å². The molecule has 0 aliphatic rings. The predicted molar refractivity (Wildman–Crippen MR) is 71.2 cm³/mol. The lowest BCUT2D eigenvalue weighted by Gasteiger charge is -2.15. The van der Waals surface area contributed by atoms with E-state index in [4.69, 9.17) is 0 Å². The number of nitrogens with one attached hydrogen (secondary N) is 1. The van der Waals surface area contributed by atoms with E-state index in [2.05, 4.69) is 39.4 Å². The molecule has 2 heterocycles. The summed E-state index contributed by atoms with van der Waals surface area (Å²) in [6.45, 7) is 3.13. The molecule has 16 heavy (non-hydrogen) atoms. The van der Waals surface area contributed by atoms with Crippen LogP contribution in [0.3, 0.4) is 0 Å². The molecule has 0 saturated carbocycles. The summed E-state index contributed by atoms with van der Waals surface area (Å²) >= 11 is 3.44. The van der Waals surface area contributed by atoms with Gasteiger partial charge in [0.15, 0.2) is 0 Å². The Bertz CT molecular complexity index is 381. The van der Waals surface area contributed by atoms with Crippen molar-refractivity contribution in [2.75, 3.05) is 6.54 Å². The van der Waals surface area contributed by atoms with Gasteiger partial charge in [0.05, 0.1) is 17.2 Å². The highest BCUT2D eigenvalue weighted by molar-refractivity contribution is 7.08. The van der Waals surface area contributed by atoms with Gasteiger partial charge < -0.3 is 5.32 Å². The smallest absolute Gasteiger partial charge is 0.0795 e. The second-order valence-corrected chi connectivity index (χ2v) is 5.19. The first-order chi connectivity index (χ1) is 7.90. The van der Waals surface area contributed by atoms with E-state index in [1.54, 1.807) is 22.7 Å². The first-order valence-corrected chi connectivity index (χ1v) is 7.41. The maximum absolute atomic E-state index is 4.39. The van der Waals surface area contributed by atoms with Crippen molar-refractivity contribution >= 4 is 22.7 Å². The fraction of sp³-hybridized carbons (Fsp3) is 0.417. The van der Waals surface area contributed by atoms with Gasteiger partial charge in [-0.3, -0.25) is 0 Å². The highest BCUT2D eigenvalue weighted by atomic mass is 32.1. The molecule has 0 aliphatic heterocycles. The topological polar surface area (TPSA) is 24.9 Å². The Labute approximate surface area is 104 Å². The summed E-state index contributed by atoms with van der Waals surface area (Å²) in [5.41, 5.74) is 4.52. The van der Waals surface area contributed by atoms with Crippen LogP contribution >= 0.6 is 22.7 Å². The Morgan fingerprint density at radius 1 is 1.38 bits per heavy atom. The molecular weight excluding hydrogens is 236 g/mol. The van der Waals surface area contributed by atoms with Gasteiger partial charge in [-0.1, -0.05) is 6.92 Å². The number of rotatable bonds is 6. The first kappa shape index (κ1) is 11.8. The molecule has 4 heteroatoms. The average Bonchev–Trinajstić information content (AvgIpc) is 2.96. The van der Waals surface area contributed by atoms with Crippen molar-refractivity contribution < 1.29 is 0 Å². The molecule has 0 aromatic carbocycles. The van der Waals surface area contributed by atoms with Crippen LogP contribution in [-0.4, -0.2) is 11.5 Å². The summed E-state index contributed by atoms with van der Waals surface area (Å²) < 4.78 is 0. The molecule has 0 amide bonds. The van der Waals surface area contributed by atoms with Crippen molar-refractivity contribution in [1.29, 1.82) is 0 Å². The van der Waals surface area contributed by atoms with Gasteiger partial charge in [-0.2, -0.15) is 11.3 Å².